The number of carboxylic acids is 1. The van der Waals surface area contributed by atoms with Crippen LogP contribution in [0.4, 0.5) is 4.39 Å². The van der Waals surface area contributed by atoms with Crippen LogP contribution in [0.5, 0.6) is 0 Å². The fraction of sp³-hybridized carbons (Fsp3) is 0.500. The van der Waals surface area contributed by atoms with Crippen LogP contribution >= 0.6 is 0 Å². The van der Waals surface area contributed by atoms with E-state index < -0.39 is 12.0 Å². The standard InChI is InChI=1S/C16H21FN2O3/c1-11(12-5-7-13(17)8-6-12)18(2)15(20)10-19-9-3-4-14(19)16(21)22/h5-8,11,14H,3-4,9-10H2,1-2H3,(H,21,22). The Bertz CT molecular complexity index is 547. The Kier molecular flexibility index (Phi) is 5.13. The van der Waals surface area contributed by atoms with Gasteiger partial charge >= 0.3 is 5.97 Å². The zero-order valence-corrected chi connectivity index (χ0v) is 12.8. The highest BCUT2D eigenvalue weighted by Crippen LogP contribution is 2.21. The number of amides is 1. The summed E-state index contributed by atoms with van der Waals surface area (Å²) in [5, 5.41) is 9.15. The maximum absolute atomic E-state index is 13.0. The van der Waals surface area contributed by atoms with Crippen molar-refractivity contribution in [3.63, 3.8) is 0 Å². The van der Waals surface area contributed by atoms with Gasteiger partial charge in [-0.2, -0.15) is 0 Å². The molecule has 0 radical (unpaired) electrons. The van der Waals surface area contributed by atoms with E-state index in [1.165, 1.54) is 12.1 Å². The van der Waals surface area contributed by atoms with Crippen molar-refractivity contribution < 1.29 is 19.1 Å². The van der Waals surface area contributed by atoms with Gasteiger partial charge in [0, 0.05) is 7.05 Å². The third-order valence-electron chi connectivity index (χ3n) is 4.31. The molecule has 1 fully saturated rings. The van der Waals surface area contributed by atoms with Gasteiger partial charge in [-0.15, -0.1) is 0 Å². The average Bonchev–Trinajstić information content (AvgIpc) is 2.94. The number of hydrogen-bond donors (Lipinski definition) is 1. The minimum Gasteiger partial charge on any atom is -0.480 e. The van der Waals surface area contributed by atoms with E-state index in [2.05, 4.69) is 0 Å². The first-order valence-electron chi connectivity index (χ1n) is 7.38. The molecule has 6 heteroatoms. The summed E-state index contributed by atoms with van der Waals surface area (Å²) in [5.41, 5.74) is 0.841. The molecule has 1 amide bonds. The van der Waals surface area contributed by atoms with Gasteiger partial charge in [0.1, 0.15) is 11.9 Å². The number of likely N-dealkylation sites (N-methyl/N-ethyl adjacent to an activating group) is 1. The molecule has 22 heavy (non-hydrogen) atoms. The van der Waals surface area contributed by atoms with Gasteiger partial charge in [-0.1, -0.05) is 12.1 Å². The number of halogens is 1. The van der Waals surface area contributed by atoms with E-state index in [1.54, 1.807) is 29.0 Å². The Hall–Kier alpha value is -1.95. The van der Waals surface area contributed by atoms with E-state index in [0.717, 1.165) is 12.0 Å². The highest BCUT2D eigenvalue weighted by Gasteiger charge is 2.32. The third-order valence-corrected chi connectivity index (χ3v) is 4.31. The van der Waals surface area contributed by atoms with Crippen molar-refractivity contribution in [2.75, 3.05) is 20.1 Å². The van der Waals surface area contributed by atoms with Gasteiger partial charge in [-0.3, -0.25) is 14.5 Å². The largest absolute Gasteiger partial charge is 0.480 e. The first-order valence-corrected chi connectivity index (χ1v) is 7.38. The van der Waals surface area contributed by atoms with E-state index in [4.69, 9.17) is 5.11 Å². The number of carbonyl (C=O) groups is 2. The number of carboxylic acid groups (broad SMARTS) is 1. The molecule has 1 N–H and O–H groups in total. The Morgan fingerprint density at radius 1 is 1.41 bits per heavy atom. The molecule has 0 aliphatic carbocycles. The lowest BCUT2D eigenvalue weighted by atomic mass is 10.1. The van der Waals surface area contributed by atoms with E-state index in [-0.39, 0.29) is 24.3 Å². The van der Waals surface area contributed by atoms with Gasteiger partial charge in [0.25, 0.3) is 0 Å². The summed E-state index contributed by atoms with van der Waals surface area (Å²) in [6.07, 6.45) is 1.38. The van der Waals surface area contributed by atoms with Crippen molar-refractivity contribution in [3.8, 4) is 0 Å². The van der Waals surface area contributed by atoms with Crippen LogP contribution in [0.1, 0.15) is 31.4 Å². The topological polar surface area (TPSA) is 60.9 Å². The van der Waals surface area contributed by atoms with Crippen LogP contribution in [0.25, 0.3) is 0 Å². The molecule has 2 atom stereocenters. The Labute approximate surface area is 129 Å². The van der Waals surface area contributed by atoms with Gasteiger partial charge in [0.2, 0.25) is 5.91 Å². The van der Waals surface area contributed by atoms with Crippen LogP contribution in [0.2, 0.25) is 0 Å². The van der Waals surface area contributed by atoms with E-state index >= 15 is 0 Å². The minimum absolute atomic E-state index is 0.0962. The smallest absolute Gasteiger partial charge is 0.320 e. The molecule has 5 nitrogen and oxygen atoms in total. The number of nitrogens with zero attached hydrogens (tertiary/aromatic N) is 2. The summed E-state index contributed by atoms with van der Waals surface area (Å²) < 4.78 is 13.0. The van der Waals surface area contributed by atoms with Crippen LogP contribution in [-0.4, -0.2) is 53.0 Å². The molecule has 0 saturated carbocycles. The molecular weight excluding hydrogens is 287 g/mol. The number of carbonyl (C=O) groups excluding carboxylic acids is 1. The lowest BCUT2D eigenvalue weighted by Gasteiger charge is -2.28. The van der Waals surface area contributed by atoms with Crippen molar-refractivity contribution in [2.45, 2.75) is 31.8 Å². The number of rotatable bonds is 5. The Morgan fingerprint density at radius 2 is 2.05 bits per heavy atom. The maximum Gasteiger partial charge on any atom is 0.320 e. The van der Waals surface area contributed by atoms with E-state index in [1.807, 2.05) is 6.92 Å². The van der Waals surface area contributed by atoms with Crippen LogP contribution in [0, 0.1) is 5.82 Å². The second-order valence-electron chi connectivity index (χ2n) is 5.70. The van der Waals surface area contributed by atoms with Crippen molar-refractivity contribution in [1.82, 2.24) is 9.80 Å². The van der Waals surface area contributed by atoms with Crippen molar-refractivity contribution >= 4 is 11.9 Å². The highest BCUT2D eigenvalue weighted by molar-refractivity contribution is 5.80. The molecule has 1 saturated heterocycles. The van der Waals surface area contributed by atoms with Crippen LogP contribution < -0.4 is 0 Å². The maximum atomic E-state index is 13.0. The van der Waals surface area contributed by atoms with Crippen molar-refractivity contribution in [1.29, 1.82) is 0 Å². The van der Waals surface area contributed by atoms with E-state index in [0.29, 0.717) is 13.0 Å². The molecule has 1 aromatic carbocycles. The monoisotopic (exact) mass is 308 g/mol. The summed E-state index contributed by atoms with van der Waals surface area (Å²) in [5.74, 6) is -1.32. The lowest BCUT2D eigenvalue weighted by Crippen LogP contribution is -2.44. The molecule has 120 valence electrons. The molecular formula is C16H21FN2O3. The van der Waals surface area contributed by atoms with E-state index in [9.17, 15) is 14.0 Å². The molecule has 0 spiro atoms. The summed E-state index contributed by atoms with van der Waals surface area (Å²) in [7, 11) is 1.68. The molecule has 0 bridgehead atoms. The summed E-state index contributed by atoms with van der Waals surface area (Å²) in [4.78, 5) is 26.8. The predicted molar refractivity (Wildman–Crippen MR) is 79.8 cm³/mol. The van der Waals surface area contributed by atoms with Crippen LogP contribution in [0.3, 0.4) is 0 Å². The molecule has 0 aromatic heterocycles. The fourth-order valence-electron chi connectivity index (χ4n) is 2.76. The quantitative estimate of drug-likeness (QED) is 0.902. The minimum atomic E-state index is -0.875. The van der Waals surface area contributed by atoms with Gasteiger partial charge in [-0.05, 0) is 44.0 Å². The molecule has 2 unspecified atom stereocenters. The zero-order chi connectivity index (χ0) is 16.3. The van der Waals surface area contributed by atoms with Gasteiger partial charge < -0.3 is 10.0 Å². The van der Waals surface area contributed by atoms with Gasteiger partial charge in [-0.25, -0.2) is 4.39 Å². The zero-order valence-electron chi connectivity index (χ0n) is 12.8. The molecule has 1 aliphatic heterocycles. The number of hydrogen-bond acceptors (Lipinski definition) is 3. The van der Waals surface area contributed by atoms with Crippen LogP contribution in [0.15, 0.2) is 24.3 Å². The molecule has 1 aliphatic rings. The SMILES string of the molecule is CC(c1ccc(F)cc1)N(C)C(=O)CN1CCCC1C(=O)O. The predicted octanol–water partition coefficient (Wildman–Crippen LogP) is 1.89. The van der Waals surface area contributed by atoms with Gasteiger partial charge in [0.05, 0.1) is 12.6 Å². The highest BCUT2D eigenvalue weighted by atomic mass is 19.1. The molecule has 1 aromatic rings. The number of likely N-dealkylation sites (tertiary alicyclic amines) is 1. The second kappa shape index (κ2) is 6.87. The fourth-order valence-corrected chi connectivity index (χ4v) is 2.76. The Morgan fingerprint density at radius 3 is 2.64 bits per heavy atom. The van der Waals surface area contributed by atoms with Crippen LogP contribution in [-0.2, 0) is 9.59 Å². The second-order valence-corrected chi connectivity index (χ2v) is 5.70. The first kappa shape index (κ1) is 16.4. The van der Waals surface area contributed by atoms with Crippen molar-refractivity contribution in [3.05, 3.63) is 35.6 Å². The molecule has 1 heterocycles. The summed E-state index contributed by atoms with van der Waals surface area (Å²) in [6.45, 7) is 2.59. The average molecular weight is 308 g/mol. The number of benzene rings is 1. The van der Waals surface area contributed by atoms with Gasteiger partial charge in [0.15, 0.2) is 0 Å². The summed E-state index contributed by atoms with van der Waals surface area (Å²) >= 11 is 0. The summed E-state index contributed by atoms with van der Waals surface area (Å²) in [6, 6.07) is 5.27. The van der Waals surface area contributed by atoms with Crippen molar-refractivity contribution in [2.24, 2.45) is 0 Å². The number of aliphatic carboxylic acids is 1. The lowest BCUT2D eigenvalue weighted by molar-refractivity contribution is -0.143. The Balaban J connectivity index is 1.99. The first-order chi connectivity index (χ1) is 10.4. The molecule has 2 rings (SSSR count). The normalized spacial score (nSPS) is 19.9. The third kappa shape index (κ3) is 3.62.